The molecule has 0 saturated carbocycles. The molecule has 0 aliphatic heterocycles. The van der Waals surface area contributed by atoms with E-state index in [2.05, 4.69) is 4.74 Å². The number of ether oxygens (including phenoxy) is 2. The van der Waals surface area contributed by atoms with Crippen LogP contribution in [0.4, 0.5) is 0 Å². The summed E-state index contributed by atoms with van der Waals surface area (Å²) in [6.07, 6.45) is 0. The SMILES string of the molecule is COC(=O)[C@](C)(N)C(=O)OC(C)(C)C. The van der Waals surface area contributed by atoms with Crippen molar-refractivity contribution in [3.63, 3.8) is 0 Å². The Balaban J connectivity index is 4.60. The summed E-state index contributed by atoms with van der Waals surface area (Å²) in [6, 6.07) is 0. The van der Waals surface area contributed by atoms with Crippen molar-refractivity contribution in [3.8, 4) is 0 Å². The third-order valence-electron chi connectivity index (χ3n) is 1.43. The molecule has 1 atom stereocenters. The molecule has 0 rings (SSSR count). The van der Waals surface area contributed by atoms with Gasteiger partial charge >= 0.3 is 11.9 Å². The van der Waals surface area contributed by atoms with Crippen LogP contribution in [0.5, 0.6) is 0 Å². The zero-order valence-corrected chi connectivity index (χ0v) is 9.21. The summed E-state index contributed by atoms with van der Waals surface area (Å²) in [4.78, 5) is 22.5. The highest BCUT2D eigenvalue weighted by Gasteiger charge is 2.41. The fraction of sp³-hybridized carbons (Fsp3) is 0.778. The molecule has 0 amide bonds. The Morgan fingerprint density at radius 3 is 1.79 bits per heavy atom. The molecule has 0 heterocycles. The fourth-order valence-corrected chi connectivity index (χ4v) is 0.679. The van der Waals surface area contributed by atoms with E-state index in [0.717, 1.165) is 7.11 Å². The van der Waals surface area contributed by atoms with E-state index in [9.17, 15) is 9.59 Å². The molecule has 0 aromatic rings. The lowest BCUT2D eigenvalue weighted by Crippen LogP contribution is -2.55. The quantitative estimate of drug-likeness (QED) is 0.513. The van der Waals surface area contributed by atoms with E-state index in [-0.39, 0.29) is 0 Å². The fourth-order valence-electron chi connectivity index (χ4n) is 0.679. The largest absolute Gasteiger partial charge is 0.467 e. The van der Waals surface area contributed by atoms with E-state index in [1.807, 2.05) is 0 Å². The summed E-state index contributed by atoms with van der Waals surface area (Å²) in [5, 5.41) is 0. The second-order valence-corrected chi connectivity index (χ2v) is 4.20. The molecule has 0 unspecified atom stereocenters. The van der Waals surface area contributed by atoms with Gasteiger partial charge in [0.2, 0.25) is 5.54 Å². The zero-order valence-electron chi connectivity index (χ0n) is 9.21. The van der Waals surface area contributed by atoms with Crippen LogP contribution >= 0.6 is 0 Å². The summed E-state index contributed by atoms with van der Waals surface area (Å²) in [7, 11) is 1.16. The van der Waals surface area contributed by atoms with Gasteiger partial charge in [-0.3, -0.25) is 0 Å². The van der Waals surface area contributed by atoms with Crippen molar-refractivity contribution in [2.75, 3.05) is 7.11 Å². The standard InChI is InChI=1S/C9H17NO4/c1-8(2,3)14-7(12)9(4,10)6(11)13-5/h10H2,1-5H3/t9-/m0/s1. The molecule has 0 fully saturated rings. The van der Waals surface area contributed by atoms with Gasteiger partial charge in [-0.05, 0) is 27.7 Å². The van der Waals surface area contributed by atoms with Crippen LogP contribution in [-0.4, -0.2) is 30.2 Å². The lowest BCUT2D eigenvalue weighted by molar-refractivity contribution is -0.169. The smallest absolute Gasteiger partial charge is 0.338 e. The van der Waals surface area contributed by atoms with Crippen molar-refractivity contribution >= 4 is 11.9 Å². The number of hydrogen-bond donors (Lipinski definition) is 1. The Bertz CT molecular complexity index is 240. The molecular formula is C9H17NO4. The van der Waals surface area contributed by atoms with Crippen molar-refractivity contribution in [1.29, 1.82) is 0 Å². The number of carbonyl (C=O) groups is 2. The van der Waals surface area contributed by atoms with E-state index < -0.39 is 23.1 Å². The topological polar surface area (TPSA) is 78.6 Å². The van der Waals surface area contributed by atoms with E-state index in [0.29, 0.717) is 0 Å². The van der Waals surface area contributed by atoms with Crippen LogP contribution in [0.3, 0.4) is 0 Å². The van der Waals surface area contributed by atoms with Gasteiger partial charge in [-0.2, -0.15) is 0 Å². The molecule has 0 aromatic heterocycles. The molecular weight excluding hydrogens is 186 g/mol. The van der Waals surface area contributed by atoms with Gasteiger partial charge in [-0.15, -0.1) is 0 Å². The van der Waals surface area contributed by atoms with Crippen LogP contribution in [0.2, 0.25) is 0 Å². The van der Waals surface area contributed by atoms with E-state index in [1.54, 1.807) is 20.8 Å². The number of methoxy groups -OCH3 is 1. The van der Waals surface area contributed by atoms with Gasteiger partial charge in [-0.1, -0.05) is 0 Å². The molecule has 5 nitrogen and oxygen atoms in total. The summed E-state index contributed by atoms with van der Waals surface area (Å²) in [6.45, 7) is 6.34. The summed E-state index contributed by atoms with van der Waals surface area (Å²) < 4.78 is 9.35. The normalized spacial score (nSPS) is 15.6. The number of esters is 2. The van der Waals surface area contributed by atoms with E-state index in [1.165, 1.54) is 6.92 Å². The summed E-state index contributed by atoms with van der Waals surface area (Å²) >= 11 is 0. The Kier molecular flexibility index (Phi) is 3.65. The van der Waals surface area contributed by atoms with Crippen LogP contribution in [0.15, 0.2) is 0 Å². The van der Waals surface area contributed by atoms with Gasteiger partial charge in [-0.25, -0.2) is 9.59 Å². The first-order valence-corrected chi connectivity index (χ1v) is 4.22. The minimum Gasteiger partial charge on any atom is -0.467 e. The number of carbonyl (C=O) groups excluding carboxylic acids is 2. The molecule has 0 aromatic carbocycles. The Hall–Kier alpha value is -1.10. The second-order valence-electron chi connectivity index (χ2n) is 4.20. The van der Waals surface area contributed by atoms with Crippen molar-refractivity contribution in [3.05, 3.63) is 0 Å². The maximum atomic E-state index is 11.4. The second kappa shape index (κ2) is 3.96. The monoisotopic (exact) mass is 203 g/mol. The predicted molar refractivity (Wildman–Crippen MR) is 50.5 cm³/mol. The van der Waals surface area contributed by atoms with Gasteiger partial charge in [0.15, 0.2) is 0 Å². The molecule has 82 valence electrons. The van der Waals surface area contributed by atoms with Gasteiger partial charge < -0.3 is 15.2 Å². The van der Waals surface area contributed by atoms with Gasteiger partial charge in [0, 0.05) is 0 Å². The first kappa shape index (κ1) is 12.9. The predicted octanol–water partition coefficient (Wildman–Crippen LogP) is 0.218. The van der Waals surface area contributed by atoms with E-state index in [4.69, 9.17) is 10.5 Å². The highest BCUT2D eigenvalue weighted by Crippen LogP contribution is 2.13. The van der Waals surface area contributed by atoms with Crippen LogP contribution in [0, 0.1) is 0 Å². The molecule has 0 radical (unpaired) electrons. The molecule has 5 heteroatoms. The molecule has 14 heavy (non-hydrogen) atoms. The maximum Gasteiger partial charge on any atom is 0.338 e. The minimum absolute atomic E-state index is 0.675. The maximum absolute atomic E-state index is 11.4. The highest BCUT2D eigenvalue weighted by atomic mass is 16.6. The average molecular weight is 203 g/mol. The van der Waals surface area contributed by atoms with Gasteiger partial charge in [0.05, 0.1) is 7.11 Å². The van der Waals surface area contributed by atoms with E-state index >= 15 is 0 Å². The number of nitrogens with two attached hydrogens (primary N) is 1. The molecule has 0 bridgehead atoms. The molecule has 2 N–H and O–H groups in total. The molecule has 0 saturated heterocycles. The van der Waals surface area contributed by atoms with Crippen molar-refractivity contribution < 1.29 is 19.1 Å². The van der Waals surface area contributed by atoms with Crippen LogP contribution in [0.1, 0.15) is 27.7 Å². The first-order valence-electron chi connectivity index (χ1n) is 4.22. The average Bonchev–Trinajstić information content (AvgIpc) is 1.99. The third-order valence-corrected chi connectivity index (χ3v) is 1.43. The molecule has 0 spiro atoms. The summed E-state index contributed by atoms with van der Waals surface area (Å²) in [5.74, 6) is -1.61. The lowest BCUT2D eigenvalue weighted by atomic mass is 10.0. The van der Waals surface area contributed by atoms with Gasteiger partial charge in [0.25, 0.3) is 0 Å². The summed E-state index contributed by atoms with van der Waals surface area (Å²) in [5.41, 5.74) is 3.05. The minimum atomic E-state index is -1.75. The van der Waals surface area contributed by atoms with Crippen molar-refractivity contribution in [2.24, 2.45) is 5.73 Å². The molecule has 0 aliphatic rings. The number of rotatable bonds is 2. The Morgan fingerprint density at radius 1 is 1.07 bits per heavy atom. The van der Waals surface area contributed by atoms with Gasteiger partial charge in [0.1, 0.15) is 5.60 Å². The van der Waals surface area contributed by atoms with Crippen molar-refractivity contribution in [2.45, 2.75) is 38.8 Å². The number of hydrogen-bond acceptors (Lipinski definition) is 5. The highest BCUT2D eigenvalue weighted by molar-refractivity contribution is 6.04. The third kappa shape index (κ3) is 3.33. The van der Waals surface area contributed by atoms with Crippen LogP contribution < -0.4 is 5.73 Å². The van der Waals surface area contributed by atoms with Crippen molar-refractivity contribution in [1.82, 2.24) is 0 Å². The molecule has 0 aliphatic carbocycles. The van der Waals surface area contributed by atoms with Crippen LogP contribution in [0.25, 0.3) is 0 Å². The Morgan fingerprint density at radius 2 is 1.50 bits per heavy atom. The lowest BCUT2D eigenvalue weighted by Gasteiger charge is -2.26. The first-order chi connectivity index (χ1) is 6.11. The van der Waals surface area contributed by atoms with Crippen LogP contribution in [-0.2, 0) is 19.1 Å². The zero-order chi connectivity index (χ0) is 11.6. The Labute approximate surface area is 83.5 Å².